The number of benzene rings is 1. The van der Waals surface area contributed by atoms with Gasteiger partial charge in [-0.1, -0.05) is 18.2 Å². The highest BCUT2D eigenvalue weighted by atomic mass is 16.5. The van der Waals surface area contributed by atoms with Crippen molar-refractivity contribution in [1.82, 2.24) is 4.90 Å². The highest BCUT2D eigenvalue weighted by Crippen LogP contribution is 2.18. The van der Waals surface area contributed by atoms with E-state index in [0.717, 1.165) is 30.7 Å². The second-order valence-corrected chi connectivity index (χ2v) is 5.40. The molecule has 5 heteroatoms. The van der Waals surface area contributed by atoms with Crippen molar-refractivity contribution in [2.75, 3.05) is 31.6 Å². The Kier molecular flexibility index (Phi) is 6.68. The molecule has 1 heterocycles. The van der Waals surface area contributed by atoms with Gasteiger partial charge in [-0.2, -0.15) is 0 Å². The van der Waals surface area contributed by atoms with Crippen molar-refractivity contribution in [3.05, 3.63) is 29.8 Å². The van der Waals surface area contributed by atoms with Crippen LogP contribution in [0.5, 0.6) is 0 Å². The predicted octanol–water partition coefficient (Wildman–Crippen LogP) is 3.26. The lowest BCUT2D eigenvalue weighted by molar-refractivity contribution is 0.0849. The molecule has 2 amide bonds. The molecule has 1 atom stereocenters. The van der Waals surface area contributed by atoms with Crippen LogP contribution in [-0.2, 0) is 16.1 Å². The number of para-hydroxylation sites is 1. The molecule has 0 spiro atoms. The lowest BCUT2D eigenvalue weighted by Gasteiger charge is -2.24. The molecule has 0 aromatic heterocycles. The van der Waals surface area contributed by atoms with Gasteiger partial charge in [0.1, 0.15) is 0 Å². The standard InChI is InChI=1S/C17H26N2O3/c1-3-19(12-15-9-7-11-22-15)17(20)18-16-10-6-5-8-14(16)13-21-4-2/h5-6,8,10,15H,3-4,7,9,11-13H2,1-2H3,(H,18,20). The summed E-state index contributed by atoms with van der Waals surface area (Å²) in [6.45, 7) is 7.23. The summed E-state index contributed by atoms with van der Waals surface area (Å²) < 4.78 is 11.1. The third-order valence-corrected chi connectivity index (χ3v) is 3.84. The lowest BCUT2D eigenvalue weighted by Crippen LogP contribution is -2.40. The number of ether oxygens (including phenoxy) is 2. The Morgan fingerprint density at radius 3 is 2.91 bits per heavy atom. The molecule has 1 aromatic rings. The van der Waals surface area contributed by atoms with Crippen LogP contribution in [0.3, 0.4) is 0 Å². The van der Waals surface area contributed by atoms with Crippen molar-refractivity contribution in [3.8, 4) is 0 Å². The van der Waals surface area contributed by atoms with Crippen LogP contribution in [0.1, 0.15) is 32.3 Å². The van der Waals surface area contributed by atoms with Crippen LogP contribution in [0, 0.1) is 0 Å². The topological polar surface area (TPSA) is 50.8 Å². The SMILES string of the molecule is CCOCc1ccccc1NC(=O)N(CC)CC1CCCO1. The number of hydrogen-bond acceptors (Lipinski definition) is 3. The normalized spacial score (nSPS) is 17.5. The van der Waals surface area contributed by atoms with E-state index >= 15 is 0 Å². The first kappa shape index (κ1) is 16.8. The van der Waals surface area contributed by atoms with E-state index in [2.05, 4.69) is 5.32 Å². The molecule has 1 aliphatic rings. The number of rotatable bonds is 7. The molecule has 0 saturated carbocycles. The molecular weight excluding hydrogens is 280 g/mol. The number of nitrogens with one attached hydrogen (secondary N) is 1. The summed E-state index contributed by atoms with van der Waals surface area (Å²) in [5, 5.41) is 3.00. The molecule has 1 aliphatic heterocycles. The van der Waals surface area contributed by atoms with E-state index in [1.807, 2.05) is 38.1 Å². The van der Waals surface area contributed by atoms with Gasteiger partial charge in [-0.15, -0.1) is 0 Å². The average Bonchev–Trinajstić information content (AvgIpc) is 3.04. The van der Waals surface area contributed by atoms with Crippen LogP contribution in [0.25, 0.3) is 0 Å². The fourth-order valence-electron chi connectivity index (χ4n) is 2.56. The maximum Gasteiger partial charge on any atom is 0.321 e. The summed E-state index contributed by atoms with van der Waals surface area (Å²) in [4.78, 5) is 14.3. The van der Waals surface area contributed by atoms with Gasteiger partial charge in [0.2, 0.25) is 0 Å². The Hall–Kier alpha value is -1.59. The molecule has 0 radical (unpaired) electrons. The molecular formula is C17H26N2O3. The van der Waals surface area contributed by atoms with Gasteiger partial charge in [-0.25, -0.2) is 4.79 Å². The van der Waals surface area contributed by atoms with E-state index in [4.69, 9.17) is 9.47 Å². The average molecular weight is 306 g/mol. The molecule has 0 aliphatic carbocycles. The van der Waals surface area contributed by atoms with Crippen LogP contribution in [-0.4, -0.2) is 43.3 Å². The summed E-state index contributed by atoms with van der Waals surface area (Å²) >= 11 is 0. The molecule has 1 fully saturated rings. The van der Waals surface area contributed by atoms with Crippen molar-refractivity contribution >= 4 is 11.7 Å². The van der Waals surface area contributed by atoms with Crippen LogP contribution >= 0.6 is 0 Å². The number of carbonyl (C=O) groups is 1. The van der Waals surface area contributed by atoms with E-state index in [9.17, 15) is 4.79 Å². The molecule has 2 rings (SSSR count). The van der Waals surface area contributed by atoms with Crippen molar-refractivity contribution < 1.29 is 14.3 Å². The van der Waals surface area contributed by atoms with Gasteiger partial charge in [0.15, 0.2) is 0 Å². The first-order valence-electron chi connectivity index (χ1n) is 8.07. The fourth-order valence-corrected chi connectivity index (χ4v) is 2.56. The molecule has 1 saturated heterocycles. The maximum absolute atomic E-state index is 12.5. The van der Waals surface area contributed by atoms with E-state index in [-0.39, 0.29) is 12.1 Å². The first-order valence-corrected chi connectivity index (χ1v) is 8.07. The Bertz CT molecular complexity index is 473. The van der Waals surface area contributed by atoms with Crippen LogP contribution in [0.2, 0.25) is 0 Å². The zero-order chi connectivity index (χ0) is 15.8. The van der Waals surface area contributed by atoms with Crippen molar-refractivity contribution in [3.63, 3.8) is 0 Å². The summed E-state index contributed by atoms with van der Waals surface area (Å²) in [5.41, 5.74) is 1.80. The molecule has 1 N–H and O–H groups in total. The molecule has 5 nitrogen and oxygen atoms in total. The number of urea groups is 1. The van der Waals surface area contributed by atoms with Gasteiger partial charge in [-0.05, 0) is 32.8 Å². The van der Waals surface area contributed by atoms with Gasteiger partial charge in [0.25, 0.3) is 0 Å². The Balaban J connectivity index is 1.97. The van der Waals surface area contributed by atoms with Crippen molar-refractivity contribution in [2.24, 2.45) is 0 Å². The largest absolute Gasteiger partial charge is 0.377 e. The smallest absolute Gasteiger partial charge is 0.321 e. The fraction of sp³-hybridized carbons (Fsp3) is 0.588. The van der Waals surface area contributed by atoms with Gasteiger partial charge < -0.3 is 19.7 Å². The maximum atomic E-state index is 12.5. The molecule has 1 unspecified atom stereocenters. The second kappa shape index (κ2) is 8.76. The Labute approximate surface area is 132 Å². The molecule has 22 heavy (non-hydrogen) atoms. The zero-order valence-electron chi connectivity index (χ0n) is 13.5. The number of nitrogens with zero attached hydrogens (tertiary/aromatic N) is 1. The summed E-state index contributed by atoms with van der Waals surface area (Å²) in [6.07, 6.45) is 2.29. The molecule has 0 bridgehead atoms. The minimum absolute atomic E-state index is 0.0815. The minimum atomic E-state index is -0.0815. The van der Waals surface area contributed by atoms with Crippen LogP contribution in [0.15, 0.2) is 24.3 Å². The van der Waals surface area contributed by atoms with E-state index < -0.39 is 0 Å². The van der Waals surface area contributed by atoms with Crippen LogP contribution < -0.4 is 5.32 Å². The monoisotopic (exact) mass is 306 g/mol. The highest BCUT2D eigenvalue weighted by molar-refractivity contribution is 5.90. The Morgan fingerprint density at radius 2 is 2.23 bits per heavy atom. The Morgan fingerprint density at radius 1 is 1.41 bits per heavy atom. The predicted molar refractivity (Wildman–Crippen MR) is 87.0 cm³/mol. The van der Waals surface area contributed by atoms with Crippen LogP contribution in [0.4, 0.5) is 10.5 Å². The van der Waals surface area contributed by atoms with E-state index in [0.29, 0.717) is 26.3 Å². The van der Waals surface area contributed by atoms with E-state index in [1.165, 1.54) is 0 Å². The zero-order valence-corrected chi connectivity index (χ0v) is 13.5. The molecule has 1 aromatic carbocycles. The summed E-state index contributed by atoms with van der Waals surface area (Å²) in [5.74, 6) is 0. The summed E-state index contributed by atoms with van der Waals surface area (Å²) in [6, 6.07) is 7.67. The van der Waals surface area contributed by atoms with Gasteiger partial charge in [-0.3, -0.25) is 0 Å². The highest BCUT2D eigenvalue weighted by Gasteiger charge is 2.21. The molecule has 122 valence electrons. The minimum Gasteiger partial charge on any atom is -0.377 e. The van der Waals surface area contributed by atoms with Gasteiger partial charge in [0.05, 0.1) is 12.7 Å². The van der Waals surface area contributed by atoms with Gasteiger partial charge in [0, 0.05) is 37.6 Å². The van der Waals surface area contributed by atoms with Gasteiger partial charge >= 0.3 is 6.03 Å². The summed E-state index contributed by atoms with van der Waals surface area (Å²) in [7, 11) is 0. The number of hydrogen-bond donors (Lipinski definition) is 1. The third-order valence-electron chi connectivity index (χ3n) is 3.84. The lowest BCUT2D eigenvalue weighted by atomic mass is 10.2. The first-order chi connectivity index (χ1) is 10.7. The van der Waals surface area contributed by atoms with Crippen molar-refractivity contribution in [1.29, 1.82) is 0 Å². The number of likely N-dealkylation sites (N-methyl/N-ethyl adjacent to an activating group) is 1. The number of anilines is 1. The number of carbonyl (C=O) groups excluding carboxylic acids is 1. The number of amides is 2. The second-order valence-electron chi connectivity index (χ2n) is 5.40. The third kappa shape index (κ3) is 4.71. The quantitative estimate of drug-likeness (QED) is 0.841. The van der Waals surface area contributed by atoms with E-state index in [1.54, 1.807) is 4.90 Å². The van der Waals surface area contributed by atoms with Crippen molar-refractivity contribution in [2.45, 2.75) is 39.4 Å².